The van der Waals surface area contributed by atoms with Gasteiger partial charge >= 0.3 is 0 Å². The van der Waals surface area contributed by atoms with Crippen molar-refractivity contribution < 1.29 is 9.59 Å². The summed E-state index contributed by atoms with van der Waals surface area (Å²) in [7, 11) is 0. The molecule has 0 fully saturated rings. The molecule has 0 aromatic rings. The van der Waals surface area contributed by atoms with Crippen LogP contribution in [0.3, 0.4) is 0 Å². The second-order valence-electron chi connectivity index (χ2n) is 5.27. The summed E-state index contributed by atoms with van der Waals surface area (Å²) in [6.07, 6.45) is 0.364. The van der Waals surface area contributed by atoms with Gasteiger partial charge in [-0.3, -0.25) is 9.59 Å². The summed E-state index contributed by atoms with van der Waals surface area (Å²) in [5, 5.41) is 5.84. The van der Waals surface area contributed by atoms with Gasteiger partial charge in [0.2, 0.25) is 11.8 Å². The highest BCUT2D eigenvalue weighted by Crippen LogP contribution is 1.97. The largest absolute Gasteiger partial charge is 0.354 e. The van der Waals surface area contributed by atoms with E-state index in [1.54, 1.807) is 4.90 Å². The van der Waals surface area contributed by atoms with E-state index in [1.807, 2.05) is 34.6 Å². The van der Waals surface area contributed by atoms with Gasteiger partial charge in [-0.25, -0.2) is 0 Å². The molecule has 5 nitrogen and oxygen atoms in total. The Hall–Kier alpha value is -1.10. The number of carbonyl (C=O) groups is 2. The van der Waals surface area contributed by atoms with E-state index in [-0.39, 0.29) is 23.9 Å². The van der Waals surface area contributed by atoms with Crippen LogP contribution in [0.25, 0.3) is 0 Å². The highest BCUT2D eigenvalue weighted by molar-refractivity contribution is 5.80. The van der Waals surface area contributed by atoms with E-state index >= 15 is 0 Å². The van der Waals surface area contributed by atoms with Crippen LogP contribution in [0.5, 0.6) is 0 Å². The van der Waals surface area contributed by atoms with Gasteiger partial charge in [0.25, 0.3) is 0 Å². The lowest BCUT2D eigenvalue weighted by Gasteiger charge is -2.20. The van der Waals surface area contributed by atoms with Crippen LogP contribution in [0.1, 0.15) is 41.0 Å². The average molecular weight is 257 g/mol. The van der Waals surface area contributed by atoms with Crippen LogP contribution < -0.4 is 10.6 Å². The van der Waals surface area contributed by atoms with Crippen molar-refractivity contribution in [3.05, 3.63) is 0 Å². The van der Waals surface area contributed by atoms with Crippen LogP contribution in [0, 0.1) is 0 Å². The van der Waals surface area contributed by atoms with Crippen molar-refractivity contribution in [3.63, 3.8) is 0 Å². The molecule has 0 aliphatic carbocycles. The number of carbonyl (C=O) groups excluding carboxylic acids is 2. The van der Waals surface area contributed by atoms with Gasteiger partial charge in [-0.15, -0.1) is 0 Å². The predicted octanol–water partition coefficient (Wildman–Crippen LogP) is 0.749. The molecule has 106 valence electrons. The second-order valence-corrected chi connectivity index (χ2v) is 5.27. The van der Waals surface area contributed by atoms with Gasteiger partial charge in [-0.1, -0.05) is 0 Å². The molecular formula is C13H27N3O2. The summed E-state index contributed by atoms with van der Waals surface area (Å²) < 4.78 is 0. The number of rotatable bonds is 7. The van der Waals surface area contributed by atoms with Crippen LogP contribution in [0.15, 0.2) is 0 Å². The lowest BCUT2D eigenvalue weighted by atomic mass is 10.1. The van der Waals surface area contributed by atoms with Gasteiger partial charge < -0.3 is 15.5 Å². The molecule has 0 rings (SSSR count). The second kappa shape index (κ2) is 8.08. The summed E-state index contributed by atoms with van der Waals surface area (Å²) in [5.41, 5.74) is -0.0750. The van der Waals surface area contributed by atoms with Crippen molar-refractivity contribution in [2.24, 2.45) is 0 Å². The van der Waals surface area contributed by atoms with E-state index in [2.05, 4.69) is 10.6 Å². The molecule has 0 heterocycles. The molecule has 0 spiro atoms. The van der Waals surface area contributed by atoms with Crippen LogP contribution in [-0.4, -0.2) is 48.4 Å². The van der Waals surface area contributed by atoms with Crippen LogP contribution in [0.4, 0.5) is 0 Å². The lowest BCUT2D eigenvalue weighted by molar-refractivity contribution is -0.130. The minimum atomic E-state index is -0.0750. The lowest BCUT2D eigenvalue weighted by Crippen LogP contribution is -2.44. The Morgan fingerprint density at radius 2 is 1.67 bits per heavy atom. The molecule has 0 bridgehead atoms. The molecule has 18 heavy (non-hydrogen) atoms. The van der Waals surface area contributed by atoms with E-state index in [4.69, 9.17) is 0 Å². The quantitative estimate of drug-likeness (QED) is 0.707. The number of hydrogen-bond donors (Lipinski definition) is 2. The molecule has 0 atom stereocenters. The van der Waals surface area contributed by atoms with Crippen molar-refractivity contribution in [1.29, 1.82) is 0 Å². The molecule has 0 unspecified atom stereocenters. The third-order valence-electron chi connectivity index (χ3n) is 2.56. The number of amides is 2. The van der Waals surface area contributed by atoms with Crippen molar-refractivity contribution in [1.82, 2.24) is 15.5 Å². The first-order valence-electron chi connectivity index (χ1n) is 6.59. The van der Waals surface area contributed by atoms with Gasteiger partial charge in [0.05, 0.1) is 6.54 Å². The number of hydrogen-bond acceptors (Lipinski definition) is 3. The predicted molar refractivity (Wildman–Crippen MR) is 73.3 cm³/mol. The maximum absolute atomic E-state index is 11.7. The molecule has 5 heteroatoms. The Morgan fingerprint density at radius 1 is 1.11 bits per heavy atom. The highest BCUT2D eigenvalue weighted by Gasteiger charge is 2.12. The molecule has 0 radical (unpaired) electrons. The maximum Gasteiger partial charge on any atom is 0.233 e. The Kier molecular flexibility index (Phi) is 7.59. The zero-order valence-corrected chi connectivity index (χ0v) is 12.3. The van der Waals surface area contributed by atoms with E-state index in [1.165, 1.54) is 0 Å². The summed E-state index contributed by atoms with van der Waals surface area (Å²) in [6.45, 7) is 12.0. The zero-order chi connectivity index (χ0) is 14.2. The monoisotopic (exact) mass is 257 g/mol. The summed E-state index contributed by atoms with van der Waals surface area (Å²) in [6, 6.07) is 0. The minimum absolute atomic E-state index is 0.0720. The highest BCUT2D eigenvalue weighted by atomic mass is 16.2. The Balaban J connectivity index is 3.78. The molecule has 2 amide bonds. The molecule has 0 aliphatic rings. The summed E-state index contributed by atoms with van der Waals surface area (Å²) in [4.78, 5) is 24.9. The van der Waals surface area contributed by atoms with Crippen molar-refractivity contribution >= 4 is 11.8 Å². The van der Waals surface area contributed by atoms with Crippen LogP contribution in [0.2, 0.25) is 0 Å². The van der Waals surface area contributed by atoms with Crippen LogP contribution >= 0.6 is 0 Å². The molecule has 2 N–H and O–H groups in total. The summed E-state index contributed by atoms with van der Waals surface area (Å²) >= 11 is 0. The van der Waals surface area contributed by atoms with E-state index in [0.717, 1.165) is 13.1 Å². The van der Waals surface area contributed by atoms with E-state index < -0.39 is 0 Å². The Labute approximate surface area is 110 Å². The minimum Gasteiger partial charge on any atom is -0.354 e. The van der Waals surface area contributed by atoms with Crippen LogP contribution in [-0.2, 0) is 9.59 Å². The maximum atomic E-state index is 11.7. The van der Waals surface area contributed by atoms with Gasteiger partial charge in [0.15, 0.2) is 0 Å². The third kappa shape index (κ3) is 8.06. The van der Waals surface area contributed by atoms with Crippen molar-refractivity contribution in [3.8, 4) is 0 Å². The first-order chi connectivity index (χ1) is 8.30. The molecule has 0 aromatic heterocycles. The Bertz CT molecular complexity index is 268. The van der Waals surface area contributed by atoms with E-state index in [0.29, 0.717) is 13.0 Å². The van der Waals surface area contributed by atoms with Crippen molar-refractivity contribution in [2.45, 2.75) is 46.6 Å². The fourth-order valence-corrected chi connectivity index (χ4v) is 1.45. The van der Waals surface area contributed by atoms with Gasteiger partial charge in [0, 0.05) is 31.6 Å². The third-order valence-corrected chi connectivity index (χ3v) is 2.56. The fraction of sp³-hybridized carbons (Fsp3) is 0.846. The van der Waals surface area contributed by atoms with Gasteiger partial charge in [0.1, 0.15) is 0 Å². The number of nitrogens with one attached hydrogen (secondary N) is 2. The SMILES string of the molecule is CCN(CC)C(=O)CCNC(=O)CNC(C)(C)C. The normalized spacial score (nSPS) is 11.2. The first kappa shape index (κ1) is 16.9. The van der Waals surface area contributed by atoms with Crippen molar-refractivity contribution in [2.75, 3.05) is 26.2 Å². The Morgan fingerprint density at radius 3 is 2.11 bits per heavy atom. The zero-order valence-electron chi connectivity index (χ0n) is 12.3. The average Bonchev–Trinajstić information content (AvgIpc) is 2.27. The van der Waals surface area contributed by atoms with Gasteiger partial charge in [-0.2, -0.15) is 0 Å². The number of nitrogens with zero attached hydrogens (tertiary/aromatic N) is 1. The molecule has 0 saturated heterocycles. The van der Waals surface area contributed by atoms with Gasteiger partial charge in [-0.05, 0) is 34.6 Å². The fourth-order valence-electron chi connectivity index (χ4n) is 1.45. The molecule has 0 aromatic carbocycles. The summed E-state index contributed by atoms with van der Waals surface area (Å²) in [5.74, 6) is 0.0151. The topological polar surface area (TPSA) is 61.4 Å². The standard InChI is InChI=1S/C13H27N3O2/c1-6-16(7-2)12(18)8-9-14-11(17)10-15-13(3,4)5/h15H,6-10H2,1-5H3,(H,14,17). The molecule has 0 aliphatic heterocycles. The first-order valence-corrected chi connectivity index (χ1v) is 6.59. The van der Waals surface area contributed by atoms with E-state index in [9.17, 15) is 9.59 Å². The molecular weight excluding hydrogens is 230 g/mol. The smallest absolute Gasteiger partial charge is 0.233 e. The molecule has 0 saturated carbocycles.